The Kier molecular flexibility index (Phi) is 4.63. The van der Waals surface area contributed by atoms with Gasteiger partial charge < -0.3 is 15.2 Å². The third kappa shape index (κ3) is 3.44. The van der Waals surface area contributed by atoms with E-state index >= 15 is 0 Å². The second-order valence-electron chi connectivity index (χ2n) is 8.69. The highest BCUT2D eigenvalue weighted by atomic mass is 16.3. The maximum Gasteiger partial charge on any atom is 0.248 e. The topological polar surface area (TPSA) is 80.6 Å². The number of carbonyl (C=O) groups excluding carboxylic acids is 1. The SMILES string of the molecule is NC(=O)c1ccc([C@H]2CC[C@H]([C@H](O)c3c(C4CC4)ccn4cncc34)CC2)cc1. The molecule has 0 radical (unpaired) electrons. The molecule has 0 bridgehead atoms. The summed E-state index contributed by atoms with van der Waals surface area (Å²) < 4.78 is 2.02. The number of fused-ring (bicyclic) bond motifs is 1. The summed E-state index contributed by atoms with van der Waals surface area (Å²) in [6, 6.07) is 9.87. The molecule has 0 unspecified atom stereocenters. The Morgan fingerprint density at radius 2 is 1.72 bits per heavy atom. The van der Waals surface area contributed by atoms with Crippen molar-refractivity contribution in [2.75, 3.05) is 0 Å². The number of nitrogens with zero attached hydrogens (tertiary/aromatic N) is 2. The first-order valence-corrected chi connectivity index (χ1v) is 10.6. The van der Waals surface area contributed by atoms with Gasteiger partial charge in [0.2, 0.25) is 5.91 Å². The monoisotopic (exact) mass is 389 g/mol. The number of amides is 1. The van der Waals surface area contributed by atoms with Crippen LogP contribution in [0.1, 0.15) is 83.5 Å². The van der Waals surface area contributed by atoms with Crippen LogP contribution in [0.3, 0.4) is 0 Å². The van der Waals surface area contributed by atoms with Gasteiger partial charge in [-0.15, -0.1) is 0 Å². The number of aromatic nitrogens is 2. The van der Waals surface area contributed by atoms with Gasteiger partial charge in [-0.2, -0.15) is 0 Å². The van der Waals surface area contributed by atoms with E-state index in [1.807, 2.05) is 41.2 Å². The van der Waals surface area contributed by atoms with E-state index in [4.69, 9.17) is 5.73 Å². The van der Waals surface area contributed by atoms with E-state index in [0.717, 1.165) is 36.8 Å². The summed E-state index contributed by atoms with van der Waals surface area (Å²) in [5, 5.41) is 11.4. The minimum absolute atomic E-state index is 0.273. The standard InChI is InChI=1S/C24H27N3O2/c25-24(29)19-9-3-16(4-10-19)15-1-7-18(8-2-15)23(28)22-20(17-5-6-17)11-12-27-14-26-13-21(22)27/h3-4,9-15,17-18,23,28H,1-2,5-8H2,(H2,25,29)/t15-,18-,23-/m0/s1. The highest BCUT2D eigenvalue weighted by Gasteiger charge is 2.34. The van der Waals surface area contributed by atoms with E-state index < -0.39 is 6.10 Å². The maximum atomic E-state index is 11.4. The molecule has 5 rings (SSSR count). The molecule has 2 saturated carbocycles. The summed E-state index contributed by atoms with van der Waals surface area (Å²) in [4.78, 5) is 15.6. The van der Waals surface area contributed by atoms with Crippen molar-refractivity contribution in [3.8, 4) is 0 Å². The van der Waals surface area contributed by atoms with Crippen molar-refractivity contribution in [2.45, 2.75) is 56.5 Å². The van der Waals surface area contributed by atoms with E-state index in [1.54, 1.807) is 0 Å². The number of rotatable bonds is 5. The number of imidazole rings is 1. The molecule has 5 heteroatoms. The lowest BCUT2D eigenvalue weighted by atomic mass is 9.74. The fourth-order valence-electron chi connectivity index (χ4n) is 5.03. The van der Waals surface area contributed by atoms with Crippen LogP contribution in [0.25, 0.3) is 5.52 Å². The second-order valence-corrected chi connectivity index (χ2v) is 8.69. The molecular weight excluding hydrogens is 362 g/mol. The van der Waals surface area contributed by atoms with E-state index in [9.17, 15) is 9.90 Å². The molecule has 1 aromatic carbocycles. The van der Waals surface area contributed by atoms with Crippen LogP contribution in [0.4, 0.5) is 0 Å². The molecule has 3 N–H and O–H groups in total. The van der Waals surface area contributed by atoms with Gasteiger partial charge in [-0.25, -0.2) is 4.98 Å². The average molecular weight is 389 g/mol. The van der Waals surface area contributed by atoms with Crippen molar-refractivity contribution in [3.05, 3.63) is 71.3 Å². The lowest BCUT2D eigenvalue weighted by molar-refractivity contribution is 0.0810. The Bertz CT molecular complexity index is 1030. The molecule has 2 fully saturated rings. The highest BCUT2D eigenvalue weighted by molar-refractivity contribution is 5.92. The van der Waals surface area contributed by atoms with Gasteiger partial charge in [-0.1, -0.05) is 12.1 Å². The summed E-state index contributed by atoms with van der Waals surface area (Å²) in [7, 11) is 0. The number of nitrogens with two attached hydrogens (primary N) is 1. The molecule has 150 valence electrons. The van der Waals surface area contributed by atoms with Crippen LogP contribution in [-0.2, 0) is 0 Å². The zero-order valence-corrected chi connectivity index (χ0v) is 16.5. The molecule has 0 spiro atoms. The first-order chi connectivity index (χ1) is 14.1. The summed E-state index contributed by atoms with van der Waals surface area (Å²) in [5.41, 5.74) is 10.6. The number of aliphatic hydroxyl groups excluding tert-OH is 1. The van der Waals surface area contributed by atoms with Gasteiger partial charge in [-0.3, -0.25) is 4.79 Å². The smallest absolute Gasteiger partial charge is 0.248 e. The summed E-state index contributed by atoms with van der Waals surface area (Å²) in [5.74, 6) is 0.965. The van der Waals surface area contributed by atoms with Crippen molar-refractivity contribution in [1.29, 1.82) is 0 Å². The number of pyridine rings is 1. The van der Waals surface area contributed by atoms with E-state index in [-0.39, 0.29) is 11.8 Å². The fraction of sp³-hybridized carbons (Fsp3) is 0.417. The van der Waals surface area contributed by atoms with Crippen LogP contribution >= 0.6 is 0 Å². The molecule has 2 aromatic heterocycles. The van der Waals surface area contributed by atoms with Crippen molar-refractivity contribution < 1.29 is 9.90 Å². The predicted octanol–water partition coefficient (Wildman–Crippen LogP) is 4.32. The van der Waals surface area contributed by atoms with Gasteiger partial charge in [0.05, 0.1) is 24.1 Å². The Morgan fingerprint density at radius 3 is 2.38 bits per heavy atom. The van der Waals surface area contributed by atoms with Crippen molar-refractivity contribution in [1.82, 2.24) is 9.38 Å². The molecule has 2 aliphatic carbocycles. The number of benzene rings is 1. The van der Waals surface area contributed by atoms with E-state index in [2.05, 4.69) is 17.2 Å². The fourth-order valence-corrected chi connectivity index (χ4v) is 5.03. The average Bonchev–Trinajstić information content (AvgIpc) is 3.49. The van der Waals surface area contributed by atoms with Gasteiger partial charge in [0.1, 0.15) is 0 Å². The summed E-state index contributed by atoms with van der Waals surface area (Å²) in [6.45, 7) is 0. The first-order valence-electron chi connectivity index (χ1n) is 10.6. The van der Waals surface area contributed by atoms with Crippen molar-refractivity contribution in [2.24, 2.45) is 11.7 Å². The van der Waals surface area contributed by atoms with Crippen molar-refractivity contribution >= 4 is 11.4 Å². The highest BCUT2D eigenvalue weighted by Crippen LogP contribution is 2.47. The largest absolute Gasteiger partial charge is 0.388 e. The number of primary amides is 1. The summed E-state index contributed by atoms with van der Waals surface area (Å²) >= 11 is 0. The van der Waals surface area contributed by atoms with E-state index in [0.29, 0.717) is 17.4 Å². The zero-order chi connectivity index (χ0) is 20.0. The van der Waals surface area contributed by atoms with Gasteiger partial charge in [-0.05, 0) is 85.6 Å². The Hall–Kier alpha value is -2.66. The van der Waals surface area contributed by atoms with Crippen LogP contribution < -0.4 is 5.73 Å². The van der Waals surface area contributed by atoms with Crippen LogP contribution in [0, 0.1) is 5.92 Å². The van der Waals surface area contributed by atoms with Gasteiger partial charge in [0, 0.05) is 17.3 Å². The zero-order valence-electron chi connectivity index (χ0n) is 16.5. The minimum Gasteiger partial charge on any atom is -0.388 e. The van der Waals surface area contributed by atoms with Crippen LogP contribution in [0.15, 0.2) is 49.1 Å². The van der Waals surface area contributed by atoms with Crippen molar-refractivity contribution in [3.63, 3.8) is 0 Å². The predicted molar refractivity (Wildman–Crippen MR) is 112 cm³/mol. The lowest BCUT2D eigenvalue weighted by Crippen LogP contribution is -2.21. The number of hydrogen-bond donors (Lipinski definition) is 2. The molecule has 5 nitrogen and oxygen atoms in total. The molecule has 0 saturated heterocycles. The maximum absolute atomic E-state index is 11.4. The van der Waals surface area contributed by atoms with Gasteiger partial charge >= 0.3 is 0 Å². The van der Waals surface area contributed by atoms with Crippen LogP contribution in [0.5, 0.6) is 0 Å². The molecule has 1 amide bonds. The molecule has 2 aliphatic rings. The number of aliphatic hydroxyl groups is 1. The molecule has 1 atom stereocenters. The normalized spacial score (nSPS) is 23.2. The molecule has 29 heavy (non-hydrogen) atoms. The molecule has 2 heterocycles. The van der Waals surface area contributed by atoms with E-state index in [1.165, 1.54) is 24.0 Å². The summed E-state index contributed by atoms with van der Waals surface area (Å²) in [6.07, 6.45) is 11.9. The minimum atomic E-state index is -0.441. The quantitative estimate of drug-likeness (QED) is 0.682. The Morgan fingerprint density at radius 1 is 1.03 bits per heavy atom. The first kappa shape index (κ1) is 18.4. The van der Waals surface area contributed by atoms with Gasteiger partial charge in [0.15, 0.2) is 0 Å². The number of carbonyl (C=O) groups is 1. The Balaban J connectivity index is 1.33. The third-order valence-corrected chi connectivity index (χ3v) is 6.87. The lowest BCUT2D eigenvalue weighted by Gasteiger charge is -2.33. The molecule has 0 aliphatic heterocycles. The second kappa shape index (κ2) is 7.30. The number of hydrogen-bond acceptors (Lipinski definition) is 3. The molecule has 3 aromatic rings. The van der Waals surface area contributed by atoms with Gasteiger partial charge in [0.25, 0.3) is 0 Å². The Labute approximate surface area is 170 Å². The van der Waals surface area contributed by atoms with Crippen LogP contribution in [0.2, 0.25) is 0 Å². The molecular formula is C24H27N3O2. The third-order valence-electron chi connectivity index (χ3n) is 6.87. The van der Waals surface area contributed by atoms with Crippen LogP contribution in [-0.4, -0.2) is 20.4 Å².